The van der Waals surface area contributed by atoms with Crippen molar-refractivity contribution in [1.82, 2.24) is 15.3 Å². The first-order valence-electron chi connectivity index (χ1n) is 8.56. The van der Waals surface area contributed by atoms with Gasteiger partial charge in [0.15, 0.2) is 5.17 Å². The molecule has 2 heterocycles. The molecule has 24 heavy (non-hydrogen) atoms. The highest BCUT2D eigenvalue weighted by Crippen LogP contribution is 2.35. The van der Waals surface area contributed by atoms with Gasteiger partial charge in [0.1, 0.15) is 10.7 Å². The summed E-state index contributed by atoms with van der Waals surface area (Å²) in [6.07, 6.45) is 3.24. The highest BCUT2D eigenvalue weighted by Gasteiger charge is 2.23. The Morgan fingerprint density at radius 3 is 3.08 bits per heavy atom. The van der Waals surface area contributed by atoms with Crippen LogP contribution in [0.2, 0.25) is 0 Å². The molecular weight excluding hydrogens is 340 g/mol. The summed E-state index contributed by atoms with van der Waals surface area (Å²) in [6.45, 7) is 7.93. The Kier molecular flexibility index (Phi) is 5.61. The maximum Gasteiger partial charge on any atom is 0.259 e. The van der Waals surface area contributed by atoms with Crippen LogP contribution in [0.1, 0.15) is 43.5 Å². The van der Waals surface area contributed by atoms with E-state index >= 15 is 0 Å². The van der Waals surface area contributed by atoms with E-state index in [0.29, 0.717) is 11.7 Å². The number of nitrogens with one attached hydrogen (secondary N) is 2. The quantitative estimate of drug-likeness (QED) is 0.645. The first kappa shape index (κ1) is 17.5. The second kappa shape index (κ2) is 7.70. The molecule has 7 heteroatoms. The summed E-state index contributed by atoms with van der Waals surface area (Å²) in [5.74, 6) is 2.05. The van der Waals surface area contributed by atoms with Gasteiger partial charge in [0.2, 0.25) is 0 Å². The van der Waals surface area contributed by atoms with Crippen LogP contribution in [0.4, 0.5) is 0 Å². The van der Waals surface area contributed by atoms with Crippen LogP contribution in [0.25, 0.3) is 10.2 Å². The van der Waals surface area contributed by atoms with Gasteiger partial charge in [-0.25, -0.2) is 4.98 Å². The van der Waals surface area contributed by atoms with E-state index in [1.54, 1.807) is 23.1 Å². The maximum absolute atomic E-state index is 12.6. The van der Waals surface area contributed by atoms with Crippen LogP contribution < -0.4 is 10.9 Å². The van der Waals surface area contributed by atoms with Gasteiger partial charge in [-0.3, -0.25) is 9.79 Å². The van der Waals surface area contributed by atoms with E-state index in [1.165, 1.54) is 10.4 Å². The summed E-state index contributed by atoms with van der Waals surface area (Å²) in [4.78, 5) is 26.9. The summed E-state index contributed by atoms with van der Waals surface area (Å²) in [5.41, 5.74) is 1.25. The van der Waals surface area contributed by atoms with Crippen molar-refractivity contribution in [2.75, 3.05) is 13.1 Å². The Morgan fingerprint density at radius 1 is 1.50 bits per heavy atom. The molecule has 2 N–H and O–H groups in total. The number of rotatable bonds is 4. The summed E-state index contributed by atoms with van der Waals surface area (Å²) >= 11 is 3.29. The van der Waals surface area contributed by atoms with Crippen molar-refractivity contribution >= 4 is 38.5 Å². The van der Waals surface area contributed by atoms with Gasteiger partial charge in [-0.05, 0) is 44.6 Å². The number of amidine groups is 1. The molecule has 0 bridgehead atoms. The summed E-state index contributed by atoms with van der Waals surface area (Å²) in [7, 11) is 0. The van der Waals surface area contributed by atoms with E-state index < -0.39 is 0 Å². The van der Waals surface area contributed by atoms with E-state index in [1.807, 2.05) is 6.92 Å². The average molecular weight is 365 g/mol. The number of aryl methyl sites for hydroxylation is 1. The first-order chi connectivity index (χ1) is 11.6. The third-order valence-electron chi connectivity index (χ3n) is 4.19. The lowest BCUT2D eigenvalue weighted by molar-refractivity contribution is 0.509. The Labute approximate surface area is 150 Å². The Morgan fingerprint density at radius 2 is 2.33 bits per heavy atom. The van der Waals surface area contributed by atoms with Crippen LogP contribution in [0.15, 0.2) is 9.79 Å². The zero-order valence-electron chi connectivity index (χ0n) is 14.4. The third-order valence-corrected chi connectivity index (χ3v) is 6.30. The van der Waals surface area contributed by atoms with Crippen LogP contribution in [0.5, 0.6) is 0 Å². The van der Waals surface area contributed by atoms with Gasteiger partial charge in [-0.15, -0.1) is 11.3 Å². The lowest BCUT2D eigenvalue weighted by Crippen LogP contribution is -2.21. The molecule has 0 saturated heterocycles. The predicted molar refractivity (Wildman–Crippen MR) is 104 cm³/mol. The second-order valence-electron chi connectivity index (χ2n) is 6.14. The Bertz CT molecular complexity index is 809. The largest absolute Gasteiger partial charge is 0.365 e. The lowest BCUT2D eigenvalue weighted by Gasteiger charge is -2.17. The number of nitrogens with zero attached hydrogens (tertiary/aromatic N) is 2. The molecule has 0 radical (unpaired) electrons. The summed E-state index contributed by atoms with van der Waals surface area (Å²) in [6, 6.07) is 0. The molecule has 1 atom stereocenters. The fraction of sp³-hybridized carbons (Fsp3) is 0.588. The normalized spacial score (nSPS) is 18.0. The molecule has 1 aliphatic carbocycles. The Balaban J connectivity index is 1.86. The minimum absolute atomic E-state index is 0.0140. The van der Waals surface area contributed by atoms with Gasteiger partial charge in [0.05, 0.1) is 11.1 Å². The zero-order valence-corrected chi connectivity index (χ0v) is 16.1. The molecule has 2 aromatic heterocycles. The van der Waals surface area contributed by atoms with Crippen LogP contribution in [0.3, 0.4) is 0 Å². The van der Waals surface area contributed by atoms with E-state index in [4.69, 9.17) is 4.98 Å². The maximum atomic E-state index is 12.6. The number of aromatic amines is 1. The number of thiophene rings is 1. The highest BCUT2D eigenvalue weighted by molar-refractivity contribution is 8.13. The number of aliphatic imine (C=N–C) groups is 1. The van der Waals surface area contributed by atoms with Gasteiger partial charge >= 0.3 is 0 Å². The number of hydrogen-bond acceptors (Lipinski definition) is 5. The number of aromatic nitrogens is 2. The van der Waals surface area contributed by atoms with Crippen molar-refractivity contribution in [1.29, 1.82) is 0 Å². The summed E-state index contributed by atoms with van der Waals surface area (Å²) in [5, 5.41) is 4.97. The lowest BCUT2D eigenvalue weighted by atomic mass is 9.89. The molecule has 3 rings (SSSR count). The average Bonchev–Trinajstić information content (AvgIpc) is 2.90. The molecular formula is C17H24N4OS2. The standard InChI is InChI=1S/C17H24N4OS2/c1-4-18-17(19-5-2)23-9-13-20-15(22)14-11-7-6-10(3)8-12(11)24-16(14)21-13/h10H,4-9H2,1-3H3,(H,18,19)(H,20,21,22)/t10-/m0/s1. The molecule has 0 aliphatic heterocycles. The molecule has 0 amide bonds. The number of hydrogen-bond donors (Lipinski definition) is 2. The predicted octanol–water partition coefficient (Wildman–Crippen LogP) is 3.33. The Hall–Kier alpha value is -1.34. The van der Waals surface area contributed by atoms with Crippen molar-refractivity contribution in [3.05, 3.63) is 26.6 Å². The molecule has 0 aromatic carbocycles. The minimum Gasteiger partial charge on any atom is -0.365 e. The molecule has 0 fully saturated rings. The van der Waals surface area contributed by atoms with E-state index in [9.17, 15) is 4.79 Å². The minimum atomic E-state index is 0.0140. The van der Waals surface area contributed by atoms with E-state index in [0.717, 1.165) is 53.6 Å². The van der Waals surface area contributed by atoms with Crippen molar-refractivity contribution < 1.29 is 0 Å². The van der Waals surface area contributed by atoms with Gasteiger partial charge in [-0.2, -0.15) is 0 Å². The van der Waals surface area contributed by atoms with Crippen LogP contribution in [-0.2, 0) is 18.6 Å². The third kappa shape index (κ3) is 3.67. The molecule has 5 nitrogen and oxygen atoms in total. The van der Waals surface area contributed by atoms with Gasteiger partial charge in [-0.1, -0.05) is 18.7 Å². The molecule has 0 spiro atoms. The smallest absolute Gasteiger partial charge is 0.259 e. The molecule has 2 aromatic rings. The van der Waals surface area contributed by atoms with Crippen LogP contribution in [-0.4, -0.2) is 28.2 Å². The number of fused-ring (bicyclic) bond motifs is 3. The van der Waals surface area contributed by atoms with Gasteiger partial charge in [0, 0.05) is 18.0 Å². The monoisotopic (exact) mass is 364 g/mol. The fourth-order valence-corrected chi connectivity index (χ4v) is 5.33. The van der Waals surface area contributed by atoms with Crippen molar-refractivity contribution in [3.8, 4) is 0 Å². The van der Waals surface area contributed by atoms with Crippen molar-refractivity contribution in [2.24, 2.45) is 10.9 Å². The second-order valence-corrected chi connectivity index (χ2v) is 8.19. The molecule has 0 unspecified atom stereocenters. The SMILES string of the molecule is CCN=C(NCC)SCc1nc2sc3c(c2c(=O)[nH]1)CC[C@H](C)C3. The van der Waals surface area contributed by atoms with Crippen LogP contribution >= 0.6 is 23.1 Å². The van der Waals surface area contributed by atoms with Gasteiger partial charge < -0.3 is 10.3 Å². The fourth-order valence-electron chi connectivity index (χ4n) is 3.05. The molecule has 130 valence electrons. The first-order valence-corrected chi connectivity index (χ1v) is 10.4. The summed E-state index contributed by atoms with van der Waals surface area (Å²) < 4.78 is 0. The number of thioether (sulfide) groups is 1. The highest BCUT2D eigenvalue weighted by atomic mass is 32.2. The van der Waals surface area contributed by atoms with Crippen molar-refractivity contribution in [3.63, 3.8) is 0 Å². The topological polar surface area (TPSA) is 70.1 Å². The van der Waals surface area contributed by atoms with Crippen LogP contribution in [0, 0.1) is 5.92 Å². The molecule has 1 aliphatic rings. The van der Waals surface area contributed by atoms with Gasteiger partial charge in [0.25, 0.3) is 5.56 Å². The molecule has 0 saturated carbocycles. The number of H-pyrrole nitrogens is 1. The zero-order chi connectivity index (χ0) is 17.1. The van der Waals surface area contributed by atoms with E-state index in [2.05, 4.69) is 29.1 Å². The van der Waals surface area contributed by atoms with E-state index in [-0.39, 0.29) is 5.56 Å². The van der Waals surface area contributed by atoms with Crippen molar-refractivity contribution in [2.45, 2.75) is 45.8 Å².